The van der Waals surface area contributed by atoms with E-state index in [0.29, 0.717) is 13.2 Å². The monoisotopic (exact) mass is 132 g/mol. The second kappa shape index (κ2) is 2.80. The van der Waals surface area contributed by atoms with Crippen molar-refractivity contribution >= 4 is 5.97 Å². The lowest BCUT2D eigenvalue weighted by Crippen LogP contribution is -2.38. The quantitative estimate of drug-likeness (QED) is 0.485. The van der Waals surface area contributed by atoms with E-state index in [9.17, 15) is 4.79 Å². The van der Waals surface area contributed by atoms with E-state index in [1.807, 2.05) is 0 Å². The van der Waals surface area contributed by atoms with Crippen molar-refractivity contribution < 1.29 is 19.4 Å². The van der Waals surface area contributed by atoms with Crippen molar-refractivity contribution in [3.8, 4) is 0 Å². The Labute approximate surface area is 52.4 Å². The molecule has 1 aliphatic rings. The Morgan fingerprint density at radius 3 is 2.78 bits per heavy atom. The number of carbonyl (C=O) groups is 1. The molecule has 0 aromatic carbocycles. The SMILES string of the molecule is O=C(CO)OC1COC1. The fraction of sp³-hybridized carbons (Fsp3) is 0.800. The Bertz CT molecular complexity index is 108. The van der Waals surface area contributed by atoms with Crippen LogP contribution in [0.2, 0.25) is 0 Å². The van der Waals surface area contributed by atoms with Crippen LogP contribution in [0.15, 0.2) is 0 Å². The molecule has 1 N–H and O–H groups in total. The molecule has 0 bridgehead atoms. The molecule has 4 nitrogen and oxygen atoms in total. The van der Waals surface area contributed by atoms with Crippen molar-refractivity contribution in [1.29, 1.82) is 0 Å². The topological polar surface area (TPSA) is 55.8 Å². The molecule has 0 radical (unpaired) electrons. The van der Waals surface area contributed by atoms with Crippen molar-refractivity contribution in [2.24, 2.45) is 0 Å². The third kappa shape index (κ3) is 1.65. The molecule has 0 saturated carbocycles. The highest BCUT2D eigenvalue weighted by molar-refractivity contribution is 5.70. The zero-order chi connectivity index (χ0) is 6.69. The van der Waals surface area contributed by atoms with Gasteiger partial charge in [0.2, 0.25) is 0 Å². The molecule has 0 aromatic rings. The van der Waals surface area contributed by atoms with Gasteiger partial charge in [-0.05, 0) is 0 Å². The lowest BCUT2D eigenvalue weighted by Gasteiger charge is -2.24. The summed E-state index contributed by atoms with van der Waals surface area (Å²) in [6.45, 7) is 0.383. The van der Waals surface area contributed by atoms with Crippen molar-refractivity contribution in [3.63, 3.8) is 0 Å². The van der Waals surface area contributed by atoms with E-state index in [0.717, 1.165) is 0 Å². The summed E-state index contributed by atoms with van der Waals surface area (Å²) in [6, 6.07) is 0. The molecule has 9 heavy (non-hydrogen) atoms. The van der Waals surface area contributed by atoms with Crippen LogP contribution in [-0.2, 0) is 14.3 Å². The molecule has 0 unspecified atom stereocenters. The zero-order valence-electron chi connectivity index (χ0n) is 4.87. The Morgan fingerprint density at radius 2 is 2.44 bits per heavy atom. The van der Waals surface area contributed by atoms with Crippen LogP contribution in [0.4, 0.5) is 0 Å². The molecule has 0 spiro atoms. The smallest absolute Gasteiger partial charge is 0.332 e. The Balaban J connectivity index is 2.09. The molecule has 52 valence electrons. The van der Waals surface area contributed by atoms with Crippen molar-refractivity contribution in [2.75, 3.05) is 19.8 Å². The lowest BCUT2D eigenvalue weighted by atomic mass is 10.3. The van der Waals surface area contributed by atoms with Gasteiger partial charge in [0.1, 0.15) is 12.7 Å². The molecular weight excluding hydrogens is 124 g/mol. The van der Waals surface area contributed by atoms with Gasteiger partial charge in [-0.2, -0.15) is 0 Å². The van der Waals surface area contributed by atoms with Crippen LogP contribution in [0.1, 0.15) is 0 Å². The highest BCUT2D eigenvalue weighted by atomic mass is 16.6. The minimum Gasteiger partial charge on any atom is -0.456 e. The zero-order valence-corrected chi connectivity index (χ0v) is 4.87. The highest BCUT2D eigenvalue weighted by Gasteiger charge is 2.21. The summed E-state index contributed by atoms with van der Waals surface area (Å²) < 4.78 is 9.34. The number of aliphatic hydroxyl groups is 1. The molecular formula is C5H8O4. The third-order valence-corrected chi connectivity index (χ3v) is 1.03. The van der Waals surface area contributed by atoms with E-state index in [-0.39, 0.29) is 6.10 Å². The molecule has 0 atom stereocenters. The molecule has 0 aliphatic carbocycles. The van der Waals surface area contributed by atoms with Crippen LogP contribution in [0.25, 0.3) is 0 Å². The molecule has 1 saturated heterocycles. The molecule has 4 heteroatoms. The molecule has 1 rings (SSSR count). The van der Waals surface area contributed by atoms with Crippen LogP contribution < -0.4 is 0 Å². The van der Waals surface area contributed by atoms with E-state index in [2.05, 4.69) is 4.74 Å². The van der Waals surface area contributed by atoms with Gasteiger partial charge in [0.05, 0.1) is 13.2 Å². The van der Waals surface area contributed by atoms with Gasteiger partial charge in [-0.1, -0.05) is 0 Å². The third-order valence-electron chi connectivity index (χ3n) is 1.03. The van der Waals surface area contributed by atoms with Gasteiger partial charge in [-0.25, -0.2) is 4.79 Å². The normalized spacial score (nSPS) is 18.8. The van der Waals surface area contributed by atoms with Gasteiger partial charge in [-0.15, -0.1) is 0 Å². The summed E-state index contributed by atoms with van der Waals surface area (Å²) in [6.07, 6.45) is -0.121. The first-order valence-corrected chi connectivity index (χ1v) is 2.71. The fourth-order valence-electron chi connectivity index (χ4n) is 0.505. The lowest BCUT2D eigenvalue weighted by molar-refractivity contribution is -0.174. The Hall–Kier alpha value is -0.610. The van der Waals surface area contributed by atoms with Crippen LogP contribution in [0.3, 0.4) is 0 Å². The van der Waals surface area contributed by atoms with Gasteiger partial charge in [0.15, 0.2) is 0 Å². The van der Waals surface area contributed by atoms with Gasteiger partial charge in [0.25, 0.3) is 0 Å². The number of rotatable bonds is 2. The molecule has 1 aliphatic heterocycles. The fourth-order valence-corrected chi connectivity index (χ4v) is 0.505. The molecule has 0 amide bonds. The summed E-state index contributed by atoms with van der Waals surface area (Å²) in [7, 11) is 0. The number of carbonyl (C=O) groups excluding carboxylic acids is 1. The van der Waals surface area contributed by atoms with E-state index in [4.69, 9.17) is 9.84 Å². The minimum atomic E-state index is -0.580. The van der Waals surface area contributed by atoms with E-state index >= 15 is 0 Å². The average molecular weight is 132 g/mol. The maximum absolute atomic E-state index is 10.3. The van der Waals surface area contributed by atoms with Crippen LogP contribution in [0.5, 0.6) is 0 Å². The summed E-state index contributed by atoms with van der Waals surface area (Å²) in [5, 5.41) is 8.19. The minimum absolute atomic E-state index is 0.121. The molecule has 0 aromatic heterocycles. The van der Waals surface area contributed by atoms with Crippen molar-refractivity contribution in [1.82, 2.24) is 0 Å². The summed E-state index contributed by atoms with van der Waals surface area (Å²) in [4.78, 5) is 10.3. The number of esters is 1. The highest BCUT2D eigenvalue weighted by Crippen LogP contribution is 2.04. The first kappa shape index (κ1) is 6.51. The standard InChI is InChI=1S/C5H8O4/c6-1-5(7)9-4-2-8-3-4/h4,6H,1-3H2. The van der Waals surface area contributed by atoms with Crippen molar-refractivity contribution in [2.45, 2.75) is 6.10 Å². The molecule has 1 heterocycles. The second-order valence-electron chi connectivity index (χ2n) is 1.81. The number of hydrogen-bond donors (Lipinski definition) is 1. The van der Waals surface area contributed by atoms with Crippen molar-refractivity contribution in [3.05, 3.63) is 0 Å². The van der Waals surface area contributed by atoms with Gasteiger partial charge < -0.3 is 14.6 Å². The van der Waals surface area contributed by atoms with Crippen LogP contribution >= 0.6 is 0 Å². The van der Waals surface area contributed by atoms with E-state index in [1.165, 1.54) is 0 Å². The van der Waals surface area contributed by atoms with Crippen LogP contribution in [0, 0.1) is 0 Å². The predicted molar refractivity (Wildman–Crippen MR) is 27.8 cm³/mol. The summed E-state index contributed by atoms with van der Waals surface area (Å²) in [5.41, 5.74) is 0. The average Bonchev–Trinajstić information content (AvgIpc) is 1.78. The van der Waals surface area contributed by atoms with E-state index < -0.39 is 12.6 Å². The summed E-state index contributed by atoms with van der Waals surface area (Å²) in [5.74, 6) is -0.580. The second-order valence-corrected chi connectivity index (χ2v) is 1.81. The largest absolute Gasteiger partial charge is 0.456 e. The first-order chi connectivity index (χ1) is 4.33. The Kier molecular flexibility index (Phi) is 2.02. The van der Waals surface area contributed by atoms with Gasteiger partial charge in [0, 0.05) is 0 Å². The Morgan fingerprint density at radius 1 is 1.78 bits per heavy atom. The maximum atomic E-state index is 10.3. The number of aliphatic hydroxyl groups excluding tert-OH is 1. The first-order valence-electron chi connectivity index (χ1n) is 2.71. The molecule has 1 fully saturated rings. The summed E-state index contributed by atoms with van der Waals surface area (Å²) >= 11 is 0. The van der Waals surface area contributed by atoms with E-state index in [1.54, 1.807) is 0 Å². The van der Waals surface area contributed by atoms with Gasteiger partial charge in [-0.3, -0.25) is 0 Å². The number of hydrogen-bond acceptors (Lipinski definition) is 4. The maximum Gasteiger partial charge on any atom is 0.332 e. The van der Waals surface area contributed by atoms with Gasteiger partial charge >= 0.3 is 5.97 Å². The number of ether oxygens (including phenoxy) is 2. The van der Waals surface area contributed by atoms with Crippen LogP contribution in [-0.4, -0.2) is 37.0 Å². The predicted octanol–water partition coefficient (Wildman–Crippen LogP) is -1.08.